The normalized spacial score (nSPS) is 15.9. The minimum absolute atomic E-state index is 0.0434. The number of carbonyl (C=O) groups excluding carboxylic acids is 1. The molecule has 11 heteroatoms. The number of aromatic amines is 1. The van der Waals surface area contributed by atoms with E-state index in [1.54, 1.807) is 17.9 Å². The third-order valence-electron chi connectivity index (χ3n) is 5.90. The second-order valence-electron chi connectivity index (χ2n) is 8.52. The molecule has 8 nitrogen and oxygen atoms in total. The lowest BCUT2D eigenvalue weighted by molar-refractivity contribution is -0.274. The van der Waals surface area contributed by atoms with Crippen LogP contribution >= 0.6 is 0 Å². The minimum atomic E-state index is -4.85. The Morgan fingerprint density at radius 3 is 2.72 bits per heavy atom. The number of halogens is 3. The number of carbonyl (C=O) groups is 1. The number of aryl methyl sites for hydroxylation is 2. The van der Waals surface area contributed by atoms with Gasteiger partial charge in [-0.05, 0) is 38.0 Å². The van der Waals surface area contributed by atoms with Crippen LogP contribution in [-0.4, -0.2) is 43.9 Å². The van der Waals surface area contributed by atoms with Crippen LogP contribution in [0.4, 0.5) is 13.2 Å². The number of nitrogens with zero attached hydrogens (tertiary/aromatic N) is 4. The number of aromatic nitrogens is 4. The first-order valence-electron chi connectivity index (χ1n) is 11.3. The first kappa shape index (κ1) is 23.6. The molecule has 5 rings (SSSR count). The minimum Gasteiger partial charge on any atom is -0.440 e. The van der Waals surface area contributed by atoms with Crippen molar-refractivity contribution in [3.8, 4) is 28.5 Å². The van der Waals surface area contributed by atoms with Crippen LogP contribution in [0, 0.1) is 13.8 Å². The molecule has 0 bridgehead atoms. The zero-order valence-corrected chi connectivity index (χ0v) is 19.5. The molecule has 1 atom stereocenters. The Labute approximate surface area is 204 Å². The maximum atomic E-state index is 13.6. The smallest absolute Gasteiger partial charge is 0.440 e. The average molecular weight is 497 g/mol. The lowest BCUT2D eigenvalue weighted by Gasteiger charge is -2.22. The third-order valence-corrected chi connectivity index (χ3v) is 5.90. The number of hydrogen-bond acceptors (Lipinski definition) is 6. The molecule has 0 saturated carbocycles. The van der Waals surface area contributed by atoms with Crippen molar-refractivity contribution in [3.05, 3.63) is 71.5 Å². The summed E-state index contributed by atoms with van der Waals surface area (Å²) in [6.45, 7) is 4.09. The van der Waals surface area contributed by atoms with E-state index < -0.39 is 18.2 Å². The summed E-state index contributed by atoms with van der Waals surface area (Å²) in [6.07, 6.45) is -3.52. The fourth-order valence-corrected chi connectivity index (χ4v) is 4.39. The summed E-state index contributed by atoms with van der Waals surface area (Å²) in [5, 5.41) is 6.91. The highest BCUT2D eigenvalue weighted by atomic mass is 19.4. The summed E-state index contributed by atoms with van der Waals surface area (Å²) in [5.41, 5.74) is 2.05. The maximum absolute atomic E-state index is 13.6. The standard InChI is InChI=1S/C25H22F3N5O3/c1-14-7-5-8-16(13-14)21-20(29-15(2)35-21)24(34)33-12-6-10-18(33)23-30-22(31-32-23)17-9-3-4-11-19(17)36-25(26,27)28/h3-5,7-9,11,13,18H,6,10,12H2,1-2H3,(H,30,31,32). The van der Waals surface area contributed by atoms with Gasteiger partial charge in [0.2, 0.25) is 0 Å². The Hall–Kier alpha value is -4.15. The van der Waals surface area contributed by atoms with Crippen LogP contribution in [0.3, 0.4) is 0 Å². The van der Waals surface area contributed by atoms with E-state index in [2.05, 4.69) is 24.9 Å². The van der Waals surface area contributed by atoms with E-state index in [1.165, 1.54) is 18.2 Å². The third kappa shape index (κ3) is 4.68. The number of alkyl halides is 3. The van der Waals surface area contributed by atoms with Crippen LogP contribution in [0.15, 0.2) is 52.9 Å². The second kappa shape index (κ2) is 9.14. The number of hydrogen-bond donors (Lipinski definition) is 1. The molecule has 1 unspecified atom stereocenters. The highest BCUT2D eigenvalue weighted by Crippen LogP contribution is 2.36. The van der Waals surface area contributed by atoms with Gasteiger partial charge in [-0.2, -0.15) is 5.10 Å². The molecule has 0 aliphatic carbocycles. The Bertz CT molecular complexity index is 1410. The average Bonchev–Trinajstić information content (AvgIpc) is 3.57. The van der Waals surface area contributed by atoms with Gasteiger partial charge in [0.05, 0.1) is 11.6 Å². The van der Waals surface area contributed by atoms with E-state index in [-0.39, 0.29) is 23.0 Å². The topological polar surface area (TPSA) is 97.1 Å². The first-order valence-corrected chi connectivity index (χ1v) is 11.3. The van der Waals surface area contributed by atoms with Gasteiger partial charge in [-0.3, -0.25) is 9.89 Å². The predicted octanol–water partition coefficient (Wildman–Crippen LogP) is 5.62. The van der Waals surface area contributed by atoms with Gasteiger partial charge in [0, 0.05) is 19.0 Å². The van der Waals surface area contributed by atoms with E-state index in [1.807, 2.05) is 31.2 Å². The number of nitrogens with one attached hydrogen (secondary N) is 1. The quantitative estimate of drug-likeness (QED) is 0.384. The molecule has 2 aromatic heterocycles. The Morgan fingerprint density at radius 2 is 1.94 bits per heavy atom. The Kier molecular flexibility index (Phi) is 5.99. The predicted molar refractivity (Wildman–Crippen MR) is 123 cm³/mol. The largest absolute Gasteiger partial charge is 0.573 e. The van der Waals surface area contributed by atoms with Gasteiger partial charge < -0.3 is 14.1 Å². The summed E-state index contributed by atoms with van der Waals surface area (Å²) < 4.78 is 48.4. The Balaban J connectivity index is 1.44. The van der Waals surface area contributed by atoms with Crippen molar-refractivity contribution >= 4 is 5.91 Å². The number of rotatable bonds is 5. The molecule has 2 aromatic carbocycles. The summed E-state index contributed by atoms with van der Waals surface area (Å²) in [7, 11) is 0. The van der Waals surface area contributed by atoms with E-state index in [9.17, 15) is 18.0 Å². The van der Waals surface area contributed by atoms with Crippen LogP contribution < -0.4 is 4.74 Å². The van der Waals surface area contributed by atoms with Crippen molar-refractivity contribution in [1.29, 1.82) is 0 Å². The van der Waals surface area contributed by atoms with Gasteiger partial charge in [-0.25, -0.2) is 9.97 Å². The summed E-state index contributed by atoms with van der Waals surface area (Å²) in [6, 6.07) is 12.8. The van der Waals surface area contributed by atoms with Gasteiger partial charge in [0.25, 0.3) is 5.91 Å². The number of oxazole rings is 1. The van der Waals surface area contributed by atoms with Gasteiger partial charge in [-0.1, -0.05) is 35.9 Å². The molecular formula is C25H22F3N5O3. The first-order chi connectivity index (χ1) is 17.2. The van der Waals surface area contributed by atoms with Crippen LogP contribution in [-0.2, 0) is 0 Å². The van der Waals surface area contributed by atoms with Gasteiger partial charge in [0.15, 0.2) is 23.2 Å². The van der Waals surface area contributed by atoms with Crippen LogP contribution in [0.25, 0.3) is 22.7 Å². The van der Waals surface area contributed by atoms with E-state index in [0.717, 1.165) is 17.5 Å². The molecule has 0 spiro atoms. The molecule has 0 radical (unpaired) electrons. The number of ether oxygens (including phenoxy) is 1. The molecule has 1 aliphatic rings. The number of benzene rings is 2. The van der Waals surface area contributed by atoms with Crippen LogP contribution in [0.5, 0.6) is 5.75 Å². The zero-order valence-electron chi connectivity index (χ0n) is 19.5. The zero-order chi connectivity index (χ0) is 25.4. The lowest BCUT2D eigenvalue weighted by Crippen LogP contribution is -2.31. The monoisotopic (exact) mass is 497 g/mol. The molecule has 1 amide bonds. The molecule has 4 aromatic rings. The second-order valence-corrected chi connectivity index (χ2v) is 8.52. The SMILES string of the molecule is Cc1cccc(-c2oc(C)nc2C(=O)N2CCCC2c2nc(-c3ccccc3OC(F)(F)F)n[nH]2)c1. The van der Waals surface area contributed by atoms with E-state index in [0.29, 0.717) is 30.4 Å². The van der Waals surface area contributed by atoms with Crippen LogP contribution in [0.2, 0.25) is 0 Å². The van der Waals surface area contributed by atoms with E-state index >= 15 is 0 Å². The van der Waals surface area contributed by atoms with E-state index in [4.69, 9.17) is 4.42 Å². The van der Waals surface area contributed by atoms with Gasteiger partial charge in [-0.15, -0.1) is 13.2 Å². The molecule has 36 heavy (non-hydrogen) atoms. The van der Waals surface area contributed by atoms with Crippen molar-refractivity contribution in [2.45, 2.75) is 39.1 Å². The number of likely N-dealkylation sites (tertiary alicyclic amines) is 1. The maximum Gasteiger partial charge on any atom is 0.573 e. The number of H-pyrrole nitrogens is 1. The van der Waals surface area contributed by atoms with Crippen molar-refractivity contribution in [2.75, 3.05) is 6.54 Å². The summed E-state index contributed by atoms with van der Waals surface area (Å²) >= 11 is 0. The van der Waals surface area contributed by atoms with Crippen LogP contribution in [0.1, 0.15) is 46.7 Å². The van der Waals surface area contributed by atoms with Crippen molar-refractivity contribution < 1.29 is 27.1 Å². The van der Waals surface area contributed by atoms with Crippen molar-refractivity contribution in [3.63, 3.8) is 0 Å². The molecular weight excluding hydrogens is 475 g/mol. The summed E-state index contributed by atoms with van der Waals surface area (Å²) in [4.78, 5) is 24.0. The molecule has 1 saturated heterocycles. The number of amides is 1. The fraction of sp³-hybridized carbons (Fsp3) is 0.280. The summed E-state index contributed by atoms with van der Waals surface area (Å²) in [5.74, 6) is 0.453. The van der Waals surface area contributed by atoms with Crippen molar-refractivity contribution in [1.82, 2.24) is 25.1 Å². The Morgan fingerprint density at radius 1 is 1.14 bits per heavy atom. The van der Waals surface area contributed by atoms with Gasteiger partial charge in [0.1, 0.15) is 11.6 Å². The highest BCUT2D eigenvalue weighted by Gasteiger charge is 2.37. The molecule has 186 valence electrons. The molecule has 3 heterocycles. The van der Waals surface area contributed by atoms with Crippen molar-refractivity contribution in [2.24, 2.45) is 0 Å². The molecule has 1 aliphatic heterocycles. The molecule has 1 fully saturated rings. The van der Waals surface area contributed by atoms with Gasteiger partial charge >= 0.3 is 6.36 Å². The lowest BCUT2D eigenvalue weighted by atomic mass is 10.1. The highest BCUT2D eigenvalue weighted by molar-refractivity contribution is 5.98. The fourth-order valence-electron chi connectivity index (χ4n) is 4.39. The number of para-hydroxylation sites is 1. The molecule has 1 N–H and O–H groups in total.